The molecule has 0 aliphatic rings. The number of phenols is 1. The largest absolute Gasteiger partial charge is 0.508 e. The molecule has 118 valence electrons. The minimum atomic E-state index is -0.346. The van der Waals surface area contributed by atoms with E-state index in [9.17, 15) is 9.90 Å². The maximum absolute atomic E-state index is 12.5. The van der Waals surface area contributed by atoms with Crippen LogP contribution in [0.25, 0.3) is 0 Å². The lowest BCUT2D eigenvalue weighted by Crippen LogP contribution is -2.34. The van der Waals surface area contributed by atoms with Crippen molar-refractivity contribution >= 4 is 22.5 Å². The lowest BCUT2D eigenvalue weighted by molar-refractivity contribution is 0.200. The molecule has 23 heavy (non-hydrogen) atoms. The second-order valence-electron chi connectivity index (χ2n) is 4.74. The molecule has 0 atom stereocenters. The zero-order valence-corrected chi connectivity index (χ0v) is 12.9. The van der Waals surface area contributed by atoms with Crippen LogP contribution >= 0.6 is 11.3 Å². The van der Waals surface area contributed by atoms with Gasteiger partial charge in [-0.15, -0.1) is 10.2 Å². The molecule has 0 radical (unpaired) electrons. The van der Waals surface area contributed by atoms with E-state index >= 15 is 0 Å². The van der Waals surface area contributed by atoms with Gasteiger partial charge in [-0.05, 0) is 18.2 Å². The normalized spacial score (nSPS) is 10.4. The first-order chi connectivity index (χ1) is 11.2. The van der Waals surface area contributed by atoms with Crippen LogP contribution in [0.5, 0.6) is 5.75 Å². The van der Waals surface area contributed by atoms with Gasteiger partial charge < -0.3 is 14.4 Å². The Morgan fingerprint density at radius 3 is 2.83 bits per heavy atom. The Labute approximate surface area is 136 Å². The van der Waals surface area contributed by atoms with Crippen LogP contribution in [0.1, 0.15) is 11.3 Å². The fraction of sp³-hybridized carbons (Fsp3) is 0.133. The van der Waals surface area contributed by atoms with E-state index in [4.69, 9.17) is 4.42 Å². The highest BCUT2D eigenvalue weighted by molar-refractivity contribution is 7.13. The molecule has 0 saturated heterocycles. The third-order valence-electron chi connectivity index (χ3n) is 3.14. The Morgan fingerprint density at radius 2 is 2.13 bits per heavy atom. The smallest absolute Gasteiger partial charge is 0.324 e. The van der Waals surface area contributed by atoms with Gasteiger partial charge >= 0.3 is 6.03 Å². The first-order valence-corrected chi connectivity index (χ1v) is 7.71. The maximum atomic E-state index is 12.5. The quantitative estimate of drug-likeness (QED) is 0.750. The Kier molecular flexibility index (Phi) is 4.53. The molecule has 0 fully saturated rings. The Balaban J connectivity index is 1.78. The standard InChI is InChI=1S/C15H14N4O3S/c20-13-6-2-1-4-11(13)8-19(9-12-5-3-7-22-12)15(21)17-14-18-16-10-23-14/h1-7,10,20H,8-9H2,(H,17,18,21). The molecule has 2 heterocycles. The van der Waals surface area contributed by atoms with E-state index < -0.39 is 0 Å². The van der Waals surface area contributed by atoms with Gasteiger partial charge in [0, 0.05) is 5.56 Å². The number of rotatable bonds is 5. The summed E-state index contributed by atoms with van der Waals surface area (Å²) >= 11 is 1.23. The predicted molar refractivity (Wildman–Crippen MR) is 85.0 cm³/mol. The van der Waals surface area contributed by atoms with Crippen LogP contribution in [-0.4, -0.2) is 26.2 Å². The highest BCUT2D eigenvalue weighted by atomic mass is 32.1. The minimum absolute atomic E-state index is 0.140. The molecule has 0 saturated carbocycles. The van der Waals surface area contributed by atoms with Gasteiger partial charge in [0.05, 0.1) is 19.4 Å². The van der Waals surface area contributed by atoms with E-state index in [2.05, 4.69) is 15.5 Å². The SMILES string of the molecule is O=C(Nc1nncs1)N(Cc1ccco1)Cc1ccccc1O. The number of aromatic nitrogens is 2. The number of amides is 2. The molecule has 3 aromatic rings. The maximum Gasteiger partial charge on any atom is 0.324 e. The number of nitrogens with zero attached hydrogens (tertiary/aromatic N) is 3. The average molecular weight is 330 g/mol. The van der Waals surface area contributed by atoms with Crippen LogP contribution in [0.15, 0.2) is 52.6 Å². The predicted octanol–water partition coefficient (Wildman–Crippen LogP) is 3.07. The fourth-order valence-electron chi connectivity index (χ4n) is 2.04. The lowest BCUT2D eigenvalue weighted by Gasteiger charge is -2.22. The van der Waals surface area contributed by atoms with Crippen molar-refractivity contribution in [2.75, 3.05) is 5.32 Å². The second kappa shape index (κ2) is 6.93. The minimum Gasteiger partial charge on any atom is -0.508 e. The van der Waals surface area contributed by atoms with Crippen LogP contribution in [0.2, 0.25) is 0 Å². The number of para-hydroxylation sites is 1. The highest BCUT2D eigenvalue weighted by Crippen LogP contribution is 2.20. The van der Waals surface area contributed by atoms with Crippen molar-refractivity contribution in [3.63, 3.8) is 0 Å². The third kappa shape index (κ3) is 3.86. The Hall–Kier alpha value is -2.87. The molecule has 2 amide bonds. The number of benzene rings is 1. The van der Waals surface area contributed by atoms with E-state index in [1.54, 1.807) is 36.6 Å². The van der Waals surface area contributed by atoms with E-state index in [0.29, 0.717) is 16.5 Å². The number of hydrogen-bond donors (Lipinski definition) is 2. The summed E-state index contributed by atoms with van der Waals surface area (Å²) in [6.45, 7) is 0.504. The summed E-state index contributed by atoms with van der Waals surface area (Å²) in [6.07, 6.45) is 1.55. The van der Waals surface area contributed by atoms with E-state index in [1.165, 1.54) is 21.7 Å². The molecule has 2 aromatic heterocycles. The number of phenolic OH excluding ortho intramolecular Hbond substituents is 1. The summed E-state index contributed by atoms with van der Waals surface area (Å²) in [5.41, 5.74) is 2.18. The van der Waals surface area contributed by atoms with Crippen molar-refractivity contribution in [3.8, 4) is 5.75 Å². The van der Waals surface area contributed by atoms with Gasteiger partial charge in [0.25, 0.3) is 0 Å². The monoisotopic (exact) mass is 330 g/mol. The number of furan rings is 1. The molecule has 1 aromatic carbocycles. The van der Waals surface area contributed by atoms with Crippen LogP contribution in [0.3, 0.4) is 0 Å². The molecule has 0 unspecified atom stereocenters. The van der Waals surface area contributed by atoms with Gasteiger partial charge in [-0.2, -0.15) is 0 Å². The van der Waals surface area contributed by atoms with Gasteiger partial charge in [-0.25, -0.2) is 4.79 Å². The average Bonchev–Trinajstić information content (AvgIpc) is 3.22. The van der Waals surface area contributed by atoms with Crippen LogP contribution in [0.4, 0.5) is 9.93 Å². The van der Waals surface area contributed by atoms with Crippen molar-refractivity contribution in [1.29, 1.82) is 0 Å². The van der Waals surface area contributed by atoms with Gasteiger partial charge in [-0.1, -0.05) is 29.5 Å². The van der Waals surface area contributed by atoms with E-state index in [0.717, 1.165) is 0 Å². The van der Waals surface area contributed by atoms with Crippen LogP contribution < -0.4 is 5.32 Å². The molecule has 0 aliphatic carbocycles. The summed E-state index contributed by atoms with van der Waals surface area (Å²) in [5, 5.41) is 20.5. The van der Waals surface area contributed by atoms with E-state index in [-0.39, 0.29) is 24.9 Å². The molecule has 0 bridgehead atoms. The van der Waals surface area contributed by atoms with Gasteiger partial charge in [-0.3, -0.25) is 5.32 Å². The Bertz CT molecular complexity index is 759. The fourth-order valence-corrected chi connectivity index (χ4v) is 2.47. The molecule has 0 aliphatic heterocycles. The van der Waals surface area contributed by atoms with Crippen molar-refractivity contribution in [2.24, 2.45) is 0 Å². The molecular formula is C15H14N4O3S. The summed E-state index contributed by atoms with van der Waals surface area (Å²) in [5.74, 6) is 0.786. The molecule has 3 rings (SSSR count). The Morgan fingerprint density at radius 1 is 1.26 bits per heavy atom. The third-order valence-corrected chi connectivity index (χ3v) is 3.75. The molecular weight excluding hydrogens is 316 g/mol. The number of carbonyl (C=O) groups excluding carboxylic acids is 1. The molecule has 7 nitrogen and oxygen atoms in total. The van der Waals surface area contributed by atoms with Crippen molar-refractivity contribution < 1.29 is 14.3 Å². The zero-order valence-electron chi connectivity index (χ0n) is 12.0. The molecule has 0 spiro atoms. The van der Waals surface area contributed by atoms with Gasteiger partial charge in [0.15, 0.2) is 0 Å². The lowest BCUT2D eigenvalue weighted by atomic mass is 10.2. The summed E-state index contributed by atoms with van der Waals surface area (Å²) < 4.78 is 5.31. The summed E-state index contributed by atoms with van der Waals surface area (Å²) in [4.78, 5) is 14.0. The molecule has 8 heteroatoms. The first-order valence-electron chi connectivity index (χ1n) is 6.84. The summed E-state index contributed by atoms with van der Waals surface area (Å²) in [7, 11) is 0. The summed E-state index contributed by atoms with van der Waals surface area (Å²) in [6, 6.07) is 10.1. The van der Waals surface area contributed by atoms with Crippen molar-refractivity contribution in [2.45, 2.75) is 13.1 Å². The first kappa shape index (κ1) is 15.0. The number of carbonyl (C=O) groups is 1. The second-order valence-corrected chi connectivity index (χ2v) is 5.57. The van der Waals surface area contributed by atoms with E-state index in [1.807, 2.05) is 6.07 Å². The van der Waals surface area contributed by atoms with Gasteiger partial charge in [0.1, 0.15) is 17.0 Å². The van der Waals surface area contributed by atoms with Crippen molar-refractivity contribution in [3.05, 3.63) is 59.5 Å². The van der Waals surface area contributed by atoms with Crippen molar-refractivity contribution in [1.82, 2.24) is 15.1 Å². The number of aromatic hydroxyl groups is 1. The highest BCUT2D eigenvalue weighted by Gasteiger charge is 2.18. The number of urea groups is 1. The van der Waals surface area contributed by atoms with Crippen LogP contribution in [-0.2, 0) is 13.1 Å². The number of hydrogen-bond acceptors (Lipinski definition) is 6. The molecule has 2 N–H and O–H groups in total. The van der Waals surface area contributed by atoms with Crippen LogP contribution in [0, 0.1) is 0 Å². The number of nitrogens with one attached hydrogen (secondary N) is 1. The number of anilines is 1. The zero-order chi connectivity index (χ0) is 16.1. The van der Waals surface area contributed by atoms with Gasteiger partial charge in [0.2, 0.25) is 5.13 Å². The topological polar surface area (TPSA) is 91.5 Å².